The average Bonchev–Trinajstić information content (AvgIpc) is 2.46. The number of ether oxygens (including phenoxy) is 2. The van der Waals surface area contributed by atoms with Crippen LogP contribution in [0.2, 0.25) is 0 Å². The van der Waals surface area contributed by atoms with Crippen LogP contribution >= 0.6 is 0 Å². The maximum atomic E-state index is 11.7. The number of hydrogen-bond acceptors (Lipinski definition) is 4. The van der Waals surface area contributed by atoms with Crippen molar-refractivity contribution in [2.24, 2.45) is 5.41 Å². The van der Waals surface area contributed by atoms with Gasteiger partial charge in [0, 0.05) is 6.08 Å². The molecule has 23 heavy (non-hydrogen) atoms. The summed E-state index contributed by atoms with van der Waals surface area (Å²) in [5, 5.41) is 8.52. The van der Waals surface area contributed by atoms with E-state index in [2.05, 4.69) is 0 Å². The molecule has 0 heterocycles. The van der Waals surface area contributed by atoms with Crippen LogP contribution in [-0.4, -0.2) is 23.8 Å². The summed E-state index contributed by atoms with van der Waals surface area (Å²) in [5.74, 6) is -0.753. The first-order valence-corrected chi connectivity index (χ1v) is 6.66. The van der Waals surface area contributed by atoms with Gasteiger partial charge in [-0.25, -0.2) is 4.79 Å². The summed E-state index contributed by atoms with van der Waals surface area (Å²) in [6.07, 6.45) is 3.23. The molecule has 1 aromatic carbocycles. The third kappa shape index (κ3) is 8.04. The van der Waals surface area contributed by atoms with Gasteiger partial charge in [0.1, 0.15) is 5.75 Å². The van der Waals surface area contributed by atoms with Crippen molar-refractivity contribution in [2.75, 3.05) is 6.79 Å². The molecule has 0 amide bonds. The number of benzene rings is 1. The zero-order chi connectivity index (χ0) is 15.9. The first-order valence-electron chi connectivity index (χ1n) is 6.66. The van der Waals surface area contributed by atoms with E-state index in [0.717, 1.165) is 11.6 Å². The summed E-state index contributed by atoms with van der Waals surface area (Å²) in [6.45, 7) is 5.41. The van der Waals surface area contributed by atoms with Gasteiger partial charge in [-0.15, -0.1) is 0 Å². The minimum atomic E-state index is -0.999. The Kier molecular flexibility index (Phi) is 10.4. The van der Waals surface area contributed by atoms with Crippen LogP contribution < -0.4 is 4.74 Å². The summed E-state index contributed by atoms with van der Waals surface area (Å²) in [7, 11) is 0. The topological polar surface area (TPSA) is 72.8 Å². The summed E-state index contributed by atoms with van der Waals surface area (Å²) in [5.41, 5.74) is 0.225. The lowest BCUT2D eigenvalue weighted by atomic mass is 9.91. The van der Waals surface area contributed by atoms with E-state index in [-0.39, 0.29) is 27.6 Å². The van der Waals surface area contributed by atoms with Gasteiger partial charge in [-0.05, 0) is 44.0 Å². The number of aliphatic carboxylic acids is 1. The van der Waals surface area contributed by atoms with Crippen molar-refractivity contribution in [3.63, 3.8) is 0 Å². The Morgan fingerprint density at radius 2 is 1.74 bits per heavy atom. The Morgan fingerprint density at radius 3 is 2.22 bits per heavy atom. The number of carboxylic acids is 1. The summed E-state index contributed by atoms with van der Waals surface area (Å²) in [4.78, 5) is 22.1. The lowest BCUT2D eigenvalue weighted by molar-refractivity contribution is -0.160. The third-order valence-electron chi connectivity index (χ3n) is 3.15. The molecular weight excluding hydrogens is 296 g/mol. The van der Waals surface area contributed by atoms with E-state index in [1.54, 1.807) is 24.3 Å². The van der Waals surface area contributed by atoms with Crippen LogP contribution in [-0.2, 0) is 14.3 Å². The van der Waals surface area contributed by atoms with Crippen LogP contribution in [0.3, 0.4) is 0 Å². The molecule has 0 spiro atoms. The van der Waals surface area contributed by atoms with Crippen LogP contribution in [0.15, 0.2) is 30.3 Å². The molecule has 0 saturated carbocycles. The van der Waals surface area contributed by atoms with E-state index in [1.807, 2.05) is 20.8 Å². The summed E-state index contributed by atoms with van der Waals surface area (Å²) >= 11 is 0. The fourth-order valence-electron chi connectivity index (χ4n) is 1.33. The molecule has 1 aromatic rings. The van der Waals surface area contributed by atoms with Crippen molar-refractivity contribution in [1.82, 2.24) is 0 Å². The second-order valence-corrected chi connectivity index (χ2v) is 5.17. The number of carbonyl (C=O) groups is 2. The molecule has 5 nitrogen and oxygen atoms in total. The van der Waals surface area contributed by atoms with Crippen molar-refractivity contribution in [3.8, 4) is 5.75 Å². The number of hydrogen-bond donors (Lipinski definition) is 1. The lowest BCUT2D eigenvalue weighted by Gasteiger charge is -2.20. The molecule has 0 aliphatic carbocycles. The molecule has 5 heteroatoms. The van der Waals surface area contributed by atoms with Gasteiger partial charge < -0.3 is 14.6 Å². The van der Waals surface area contributed by atoms with Crippen LogP contribution in [0, 0.1) is 5.41 Å². The van der Waals surface area contributed by atoms with Crippen molar-refractivity contribution in [2.45, 2.75) is 42.0 Å². The monoisotopic (exact) mass is 324 g/mol. The average molecular weight is 324 g/mol. The highest BCUT2D eigenvalue weighted by Gasteiger charge is 2.27. The predicted octanol–water partition coefficient (Wildman–Crippen LogP) is 4.37. The second-order valence-electron chi connectivity index (χ2n) is 5.17. The highest BCUT2D eigenvalue weighted by molar-refractivity contribution is 5.85. The quantitative estimate of drug-likeness (QED) is 0.458. The Balaban J connectivity index is 0. The number of esters is 1. The normalized spacial score (nSPS) is 10.4. The first-order chi connectivity index (χ1) is 9.85. The standard InChI is InChI=1S/C16H20O5.2CH4/c1-4-16(2,3)15(19)21-11-20-13-8-5-12(6-9-13)7-10-14(17)18;;/h5-10H,4,11H2,1-3H3,(H,17,18);2*1H4/b10-7+;;. The Bertz CT molecular complexity index is 515. The van der Waals surface area contributed by atoms with E-state index in [1.165, 1.54) is 6.08 Å². The van der Waals surface area contributed by atoms with E-state index >= 15 is 0 Å². The van der Waals surface area contributed by atoms with Crippen LogP contribution in [0.1, 0.15) is 47.6 Å². The van der Waals surface area contributed by atoms with Gasteiger partial charge in [0.25, 0.3) is 0 Å². The number of rotatable bonds is 7. The smallest absolute Gasteiger partial charge is 0.328 e. The maximum Gasteiger partial charge on any atom is 0.328 e. The van der Waals surface area contributed by atoms with Gasteiger partial charge in [-0.3, -0.25) is 4.79 Å². The molecule has 0 saturated heterocycles. The SMILES string of the molecule is C.C.CCC(C)(C)C(=O)OCOc1ccc(/C=C/C(=O)O)cc1. The van der Waals surface area contributed by atoms with E-state index in [0.29, 0.717) is 12.2 Å². The van der Waals surface area contributed by atoms with Gasteiger partial charge in [0.05, 0.1) is 5.41 Å². The van der Waals surface area contributed by atoms with Gasteiger partial charge in [0.15, 0.2) is 0 Å². The van der Waals surface area contributed by atoms with Gasteiger partial charge >= 0.3 is 11.9 Å². The minimum Gasteiger partial charge on any atom is -0.478 e. The van der Waals surface area contributed by atoms with E-state index in [9.17, 15) is 9.59 Å². The maximum absolute atomic E-state index is 11.7. The van der Waals surface area contributed by atoms with Crippen molar-refractivity contribution in [1.29, 1.82) is 0 Å². The van der Waals surface area contributed by atoms with Gasteiger partial charge in [-0.1, -0.05) is 33.9 Å². The second kappa shape index (κ2) is 10.4. The van der Waals surface area contributed by atoms with Crippen molar-refractivity contribution >= 4 is 18.0 Å². The fraction of sp³-hybridized carbons (Fsp3) is 0.444. The van der Waals surface area contributed by atoms with Crippen molar-refractivity contribution in [3.05, 3.63) is 35.9 Å². The predicted molar refractivity (Wildman–Crippen MR) is 92.2 cm³/mol. The van der Waals surface area contributed by atoms with E-state index < -0.39 is 11.4 Å². The number of carboxylic acid groups (broad SMARTS) is 1. The molecule has 1 N–H and O–H groups in total. The molecular formula is C18H28O5. The fourth-order valence-corrected chi connectivity index (χ4v) is 1.33. The molecule has 130 valence electrons. The van der Waals surface area contributed by atoms with Crippen LogP contribution in [0.5, 0.6) is 5.75 Å². The van der Waals surface area contributed by atoms with Crippen LogP contribution in [0.25, 0.3) is 6.08 Å². The Labute approximate surface area is 138 Å². The molecule has 0 aliphatic rings. The van der Waals surface area contributed by atoms with Gasteiger partial charge in [0.2, 0.25) is 6.79 Å². The molecule has 1 rings (SSSR count). The molecule has 0 radical (unpaired) electrons. The number of carbonyl (C=O) groups excluding carboxylic acids is 1. The molecule has 0 atom stereocenters. The molecule has 0 fully saturated rings. The molecule has 0 unspecified atom stereocenters. The summed E-state index contributed by atoms with van der Waals surface area (Å²) < 4.78 is 10.4. The third-order valence-corrected chi connectivity index (χ3v) is 3.15. The molecule has 0 aromatic heterocycles. The van der Waals surface area contributed by atoms with E-state index in [4.69, 9.17) is 14.6 Å². The Morgan fingerprint density at radius 1 is 1.17 bits per heavy atom. The minimum absolute atomic E-state index is 0. The highest BCUT2D eigenvalue weighted by Crippen LogP contribution is 2.21. The van der Waals surface area contributed by atoms with Gasteiger partial charge in [-0.2, -0.15) is 0 Å². The highest BCUT2D eigenvalue weighted by atomic mass is 16.7. The summed E-state index contributed by atoms with van der Waals surface area (Å²) in [6, 6.07) is 6.79. The molecule has 0 bridgehead atoms. The first kappa shape index (κ1) is 23.0. The molecule has 0 aliphatic heterocycles. The van der Waals surface area contributed by atoms with Crippen LogP contribution in [0.4, 0.5) is 0 Å². The zero-order valence-corrected chi connectivity index (χ0v) is 12.5. The lowest BCUT2D eigenvalue weighted by Crippen LogP contribution is -2.27. The largest absolute Gasteiger partial charge is 0.478 e. The van der Waals surface area contributed by atoms with Crippen molar-refractivity contribution < 1.29 is 24.2 Å². The zero-order valence-electron chi connectivity index (χ0n) is 12.5. The Hall–Kier alpha value is -2.30.